The molecule has 0 saturated carbocycles. The fraction of sp³-hybridized carbons (Fsp3) is 0.481. The van der Waals surface area contributed by atoms with Crippen molar-refractivity contribution >= 4 is 71.4 Å². The molecule has 2 rings (SSSR count). The van der Waals surface area contributed by atoms with E-state index in [9.17, 15) is 98.4 Å². The first-order chi connectivity index (χ1) is 25.9. The molecule has 0 fully saturated rings. The Morgan fingerprint density at radius 2 is 0.914 bits per heavy atom. The SMILES string of the molecule is [B]Cc1cc(C[B])c(C(=O)OC(CS(=O)(=O)[O-])(C(F)(F)F)C(F)(F)F)c(C[B])c1O.[B]Cc1cc(C[B])c(O)c(C(=O)OC(CS(=O)(=O)[O-])(C(F)(F)F)C(F)(F)F)c1. The van der Waals surface area contributed by atoms with Gasteiger partial charge in [0.15, 0.2) is 0 Å². The number of rotatable bonds is 13. The lowest BCUT2D eigenvalue weighted by atomic mass is 9.81. The number of ether oxygens (including phenoxy) is 2. The van der Waals surface area contributed by atoms with E-state index in [0.717, 1.165) is 12.1 Å². The number of carbonyl (C=O) groups is 2. The Labute approximate surface area is 326 Å². The lowest BCUT2D eigenvalue weighted by Gasteiger charge is -2.37. The number of carbonyl (C=O) groups excluding carboxylic acids is 2. The van der Waals surface area contributed by atoms with Crippen molar-refractivity contribution in [3.05, 3.63) is 57.1 Å². The summed E-state index contributed by atoms with van der Waals surface area (Å²) in [7, 11) is 14.2. The van der Waals surface area contributed by atoms with E-state index in [-0.39, 0.29) is 34.9 Å². The van der Waals surface area contributed by atoms with Crippen LogP contribution in [0.3, 0.4) is 0 Å². The summed E-state index contributed by atoms with van der Waals surface area (Å²) in [5.74, 6) is -13.0. The highest BCUT2D eigenvalue weighted by Gasteiger charge is 2.76. The maximum absolute atomic E-state index is 13.3. The Hall–Kier alpha value is -3.72. The zero-order valence-corrected chi connectivity index (χ0v) is 30.0. The van der Waals surface area contributed by atoms with Crippen molar-refractivity contribution in [2.75, 3.05) is 11.5 Å². The van der Waals surface area contributed by atoms with Crippen molar-refractivity contribution < 1.29 is 108 Å². The van der Waals surface area contributed by atoms with Gasteiger partial charge in [-0.25, -0.2) is 26.4 Å². The number of halogens is 12. The molecular weight excluding hydrogens is 862 g/mol. The molecule has 0 aliphatic rings. The lowest BCUT2D eigenvalue weighted by Crippen LogP contribution is -2.63. The molecule has 0 unspecified atom stereocenters. The number of hydrogen-bond acceptors (Lipinski definition) is 12. The second-order valence-electron chi connectivity index (χ2n) is 11.4. The normalized spacial score (nSPS) is 13.3. The van der Waals surface area contributed by atoms with Gasteiger partial charge in [0.25, 0.3) is 0 Å². The molecule has 0 heterocycles. The van der Waals surface area contributed by atoms with Gasteiger partial charge in [0.1, 0.15) is 17.1 Å². The Kier molecular flexibility index (Phi) is 16.5. The van der Waals surface area contributed by atoms with E-state index >= 15 is 0 Å². The summed E-state index contributed by atoms with van der Waals surface area (Å²) in [5.41, 5.74) is -14.9. The molecule has 2 aromatic carbocycles. The Morgan fingerprint density at radius 1 is 0.552 bits per heavy atom. The van der Waals surface area contributed by atoms with Crippen molar-refractivity contribution in [2.45, 2.75) is 67.5 Å². The van der Waals surface area contributed by atoms with Crippen molar-refractivity contribution in [1.82, 2.24) is 0 Å². The minimum Gasteiger partial charge on any atom is -0.748 e. The molecule has 0 atom stereocenters. The van der Waals surface area contributed by atoms with Crippen LogP contribution in [0.2, 0.25) is 0 Å². The molecule has 31 heteroatoms. The fourth-order valence-corrected chi connectivity index (χ4v) is 6.44. The third kappa shape index (κ3) is 11.7. The number of alkyl halides is 12. The summed E-state index contributed by atoms with van der Waals surface area (Å²) >= 11 is 0. The van der Waals surface area contributed by atoms with Crippen LogP contribution in [0.15, 0.2) is 18.2 Å². The summed E-state index contributed by atoms with van der Waals surface area (Å²) in [6, 6.07) is 2.70. The van der Waals surface area contributed by atoms with Crippen molar-refractivity contribution in [3.63, 3.8) is 0 Å². The highest BCUT2D eigenvalue weighted by Crippen LogP contribution is 2.49. The predicted molar refractivity (Wildman–Crippen MR) is 173 cm³/mol. The first-order valence-corrected chi connectivity index (χ1v) is 17.9. The van der Waals surface area contributed by atoms with Crippen LogP contribution in [0.1, 0.15) is 48.5 Å². The molecule has 2 aromatic rings. The van der Waals surface area contributed by atoms with Gasteiger partial charge < -0.3 is 28.8 Å². The standard InChI is InChI=1S/C14H11B3F6O6S.C13H10B2F6O6S/c15-2-6-1-7(3-16)10(24)8(4-17)9(6)11(25)29-12(13(18,19)20,14(21,22)23)5-30(26,27)28;14-3-6-1-7(4-15)9(22)8(2-6)10(23)27-11(12(16,17)18,13(19,20)21)5-28(24,25)26/h1,24H,2-5H2,(H,26,27,28);1-2,22H,3-5H2,(H,24,25,26)/p-2. The van der Waals surface area contributed by atoms with Crippen LogP contribution in [-0.2, 0) is 61.3 Å². The van der Waals surface area contributed by atoms with Gasteiger partial charge in [-0.15, -0.1) is 0 Å². The number of esters is 2. The largest absolute Gasteiger partial charge is 0.748 e. The van der Waals surface area contributed by atoms with Crippen LogP contribution < -0.4 is 0 Å². The second-order valence-corrected chi connectivity index (χ2v) is 14.2. The van der Waals surface area contributed by atoms with Crippen LogP contribution in [-0.4, -0.2) is 135 Å². The summed E-state index contributed by atoms with van der Waals surface area (Å²) in [5, 5.41) is 19.9. The summed E-state index contributed by atoms with van der Waals surface area (Å²) < 4.78 is 231. The molecule has 0 spiro atoms. The van der Waals surface area contributed by atoms with Crippen molar-refractivity contribution in [2.24, 2.45) is 0 Å². The van der Waals surface area contributed by atoms with Gasteiger partial charge >= 0.3 is 47.8 Å². The Bertz CT molecular complexity index is 2030. The maximum atomic E-state index is 13.3. The van der Waals surface area contributed by atoms with Gasteiger partial charge in [-0.1, -0.05) is 49.3 Å². The zero-order valence-electron chi connectivity index (χ0n) is 28.4. The molecule has 12 nitrogen and oxygen atoms in total. The van der Waals surface area contributed by atoms with Crippen LogP contribution in [0, 0.1) is 0 Å². The number of phenols is 2. The fourth-order valence-electron chi connectivity index (χ4n) is 4.68. The van der Waals surface area contributed by atoms with E-state index in [1.54, 1.807) is 0 Å². The molecule has 0 aromatic heterocycles. The van der Waals surface area contributed by atoms with Gasteiger partial charge in [0, 0.05) is 5.56 Å². The lowest BCUT2D eigenvalue weighted by molar-refractivity contribution is -0.357. The Balaban J connectivity index is 0.000000581. The molecule has 0 saturated heterocycles. The van der Waals surface area contributed by atoms with Crippen molar-refractivity contribution in [1.29, 1.82) is 0 Å². The smallest absolute Gasteiger partial charge is 0.438 e. The van der Waals surface area contributed by atoms with Crippen LogP contribution in [0.4, 0.5) is 52.7 Å². The molecule has 10 radical (unpaired) electrons. The number of benzene rings is 2. The molecule has 58 heavy (non-hydrogen) atoms. The van der Waals surface area contributed by atoms with E-state index in [1.165, 1.54) is 0 Å². The van der Waals surface area contributed by atoms with Crippen LogP contribution in [0.25, 0.3) is 0 Å². The van der Waals surface area contributed by atoms with E-state index in [4.69, 9.17) is 39.2 Å². The molecular formula is C27H19B5F12O12S2-2. The third-order valence-electron chi connectivity index (χ3n) is 7.46. The van der Waals surface area contributed by atoms with E-state index < -0.39 is 127 Å². The maximum Gasteiger partial charge on any atom is 0.438 e. The zero-order chi connectivity index (χ0) is 45.8. The first-order valence-electron chi connectivity index (χ1n) is 14.8. The molecule has 312 valence electrons. The quantitative estimate of drug-likeness (QED) is 0.129. The van der Waals surface area contributed by atoms with Gasteiger partial charge in [-0.05, 0) is 22.8 Å². The topological polar surface area (TPSA) is 207 Å². The van der Waals surface area contributed by atoms with Gasteiger partial charge in [0.05, 0.1) is 76.5 Å². The summed E-state index contributed by atoms with van der Waals surface area (Å²) in [6.45, 7) is 0. The highest BCUT2D eigenvalue weighted by molar-refractivity contribution is 7.86. The highest BCUT2D eigenvalue weighted by atomic mass is 32.2. The second kappa shape index (κ2) is 18.3. The summed E-state index contributed by atoms with van der Waals surface area (Å²) in [6.07, 6.45) is -28.7. The van der Waals surface area contributed by atoms with Crippen LogP contribution in [0.5, 0.6) is 11.5 Å². The molecule has 0 bridgehead atoms. The average molecular weight is 882 g/mol. The third-order valence-corrected chi connectivity index (χ3v) is 8.98. The van der Waals surface area contributed by atoms with Gasteiger partial charge in [0.2, 0.25) is 0 Å². The molecule has 0 amide bonds. The monoisotopic (exact) mass is 882 g/mol. The molecule has 0 aliphatic carbocycles. The molecule has 2 N–H and O–H groups in total. The first kappa shape index (κ1) is 52.3. The van der Waals surface area contributed by atoms with E-state index in [1.807, 2.05) is 0 Å². The minimum absolute atomic E-state index is 0.00809. The van der Waals surface area contributed by atoms with Gasteiger partial charge in [-0.3, -0.25) is 0 Å². The predicted octanol–water partition coefficient (Wildman–Crippen LogP) is 2.26. The Morgan fingerprint density at radius 3 is 1.22 bits per heavy atom. The van der Waals surface area contributed by atoms with Gasteiger partial charge in [-0.2, -0.15) is 52.7 Å². The number of aromatic hydroxyl groups is 2. The molecule has 0 aliphatic heterocycles. The van der Waals surface area contributed by atoms with E-state index in [2.05, 4.69) is 9.47 Å². The number of hydrogen-bond donors (Lipinski definition) is 2. The average Bonchev–Trinajstić information content (AvgIpc) is 3.04. The van der Waals surface area contributed by atoms with Crippen LogP contribution >= 0.6 is 0 Å². The van der Waals surface area contributed by atoms with E-state index in [0.29, 0.717) is 6.07 Å². The minimum atomic E-state index is -6.55. The summed E-state index contributed by atoms with van der Waals surface area (Å²) in [4.78, 5) is 24.4. The van der Waals surface area contributed by atoms with Crippen molar-refractivity contribution in [3.8, 4) is 11.5 Å². The number of phenolic OH excluding ortho intramolecular Hbond substituents is 2.